The number of nitrogens with one attached hydrogen (secondary N) is 2. The van der Waals surface area contributed by atoms with Crippen molar-refractivity contribution in [2.75, 3.05) is 11.9 Å². The number of nitriles is 1. The molecule has 2 aromatic carbocycles. The molecule has 0 spiro atoms. The van der Waals surface area contributed by atoms with Crippen LogP contribution in [0.3, 0.4) is 0 Å². The molecule has 10 heteroatoms. The van der Waals surface area contributed by atoms with Gasteiger partial charge in [-0.05, 0) is 64.8 Å². The molecule has 0 radical (unpaired) electrons. The van der Waals surface area contributed by atoms with Gasteiger partial charge in [0.05, 0.1) is 22.8 Å². The van der Waals surface area contributed by atoms with Crippen LogP contribution in [0.5, 0.6) is 17.2 Å². The van der Waals surface area contributed by atoms with E-state index in [1.54, 1.807) is 31.2 Å². The number of nitrogens with zero attached hydrogens (tertiary/aromatic N) is 1. The average Bonchev–Trinajstić information content (AvgIpc) is 3.22. The number of aromatic hydroxyl groups is 2. The molecule has 10 nitrogen and oxygen atoms in total. The number of phenols is 2. The Bertz CT molecular complexity index is 1580. The van der Waals surface area contributed by atoms with Gasteiger partial charge in [0.1, 0.15) is 34.0 Å². The van der Waals surface area contributed by atoms with E-state index in [-0.39, 0.29) is 45.4 Å². The van der Waals surface area contributed by atoms with Gasteiger partial charge in [0.25, 0.3) is 0 Å². The Morgan fingerprint density at radius 2 is 1.73 bits per heavy atom. The lowest BCUT2D eigenvalue weighted by Crippen LogP contribution is -2.41. The number of ketones is 3. The van der Waals surface area contributed by atoms with Gasteiger partial charge < -0.3 is 25.6 Å². The summed E-state index contributed by atoms with van der Waals surface area (Å²) in [4.78, 5) is 51.3. The number of allylic oxidation sites excluding steroid dienone is 4. The van der Waals surface area contributed by atoms with Crippen LogP contribution in [0.15, 0.2) is 47.4 Å². The van der Waals surface area contributed by atoms with Gasteiger partial charge in [0.2, 0.25) is 5.91 Å². The van der Waals surface area contributed by atoms with Crippen LogP contribution in [-0.2, 0) is 19.8 Å². The molecule has 1 atom stereocenters. The lowest BCUT2D eigenvalue weighted by atomic mass is 9.70. The smallest absolute Gasteiger partial charge is 0.224 e. The fourth-order valence-corrected chi connectivity index (χ4v) is 5.17. The topological polar surface area (TPSA) is 166 Å². The first-order valence-corrected chi connectivity index (χ1v) is 13.3. The minimum atomic E-state index is -1.56. The Morgan fingerprint density at radius 3 is 2.37 bits per heavy atom. The molecule has 41 heavy (non-hydrogen) atoms. The molecule has 4 rings (SSSR count). The minimum Gasteiger partial charge on any atom is -0.507 e. The van der Waals surface area contributed by atoms with Gasteiger partial charge >= 0.3 is 0 Å². The summed E-state index contributed by atoms with van der Waals surface area (Å²) in [7, 11) is 0. The molecule has 1 amide bonds. The van der Waals surface area contributed by atoms with Gasteiger partial charge in [0.15, 0.2) is 17.3 Å². The fraction of sp³-hybridized carbons (Fsp3) is 0.323. The van der Waals surface area contributed by atoms with E-state index in [9.17, 15) is 29.4 Å². The Labute approximate surface area is 237 Å². The van der Waals surface area contributed by atoms with Gasteiger partial charge in [-0.15, -0.1) is 0 Å². The highest BCUT2D eigenvalue weighted by Gasteiger charge is 2.56. The van der Waals surface area contributed by atoms with Crippen LogP contribution in [0.1, 0.15) is 73.5 Å². The first-order chi connectivity index (χ1) is 19.4. The van der Waals surface area contributed by atoms with Crippen LogP contribution in [-0.4, -0.2) is 40.0 Å². The van der Waals surface area contributed by atoms with Gasteiger partial charge in [0, 0.05) is 36.0 Å². The molecule has 1 unspecified atom stereocenters. The highest BCUT2D eigenvalue weighted by Crippen LogP contribution is 2.57. The molecule has 0 bridgehead atoms. The quantitative estimate of drug-likeness (QED) is 0.153. The highest BCUT2D eigenvalue weighted by molar-refractivity contribution is 6.31. The van der Waals surface area contributed by atoms with Gasteiger partial charge in [-0.3, -0.25) is 19.2 Å². The summed E-state index contributed by atoms with van der Waals surface area (Å²) in [5.41, 5.74) is -0.204. The summed E-state index contributed by atoms with van der Waals surface area (Å²) in [5.74, 6) is -2.73. The van der Waals surface area contributed by atoms with E-state index in [0.29, 0.717) is 42.8 Å². The zero-order valence-electron chi connectivity index (χ0n) is 23.3. The maximum Gasteiger partial charge on any atom is 0.224 e. The van der Waals surface area contributed by atoms with Crippen molar-refractivity contribution >= 4 is 28.9 Å². The Morgan fingerprint density at radius 1 is 1.05 bits per heavy atom. The van der Waals surface area contributed by atoms with Gasteiger partial charge in [-0.1, -0.05) is 6.42 Å². The normalized spacial score (nSPS) is 18.5. The molecular formula is C31H31N3O7. The van der Waals surface area contributed by atoms with E-state index >= 15 is 0 Å². The SMILES string of the molecule is CC(=O)c1c(O)c(C)c(O)c2c1OC1=CC(=O)/C(=C(/C)NCCCCCC(=O)Nc3ccc(C#N)cc3)C(=O)C12C. The number of hydrogen-bond acceptors (Lipinski definition) is 9. The van der Waals surface area contributed by atoms with Gasteiger partial charge in [-0.2, -0.15) is 5.26 Å². The third kappa shape index (κ3) is 5.18. The minimum absolute atomic E-state index is 0.0128. The second-order valence-corrected chi connectivity index (χ2v) is 10.4. The zero-order valence-corrected chi connectivity index (χ0v) is 23.3. The maximum absolute atomic E-state index is 13.8. The molecule has 1 heterocycles. The highest BCUT2D eigenvalue weighted by atomic mass is 16.5. The number of anilines is 1. The zero-order chi connectivity index (χ0) is 30.1. The number of hydrogen-bond donors (Lipinski definition) is 4. The van der Waals surface area contributed by atoms with Crippen LogP contribution >= 0.6 is 0 Å². The van der Waals surface area contributed by atoms with Crippen molar-refractivity contribution in [2.24, 2.45) is 0 Å². The van der Waals surface area contributed by atoms with E-state index < -0.39 is 28.5 Å². The number of phenolic OH excluding ortho intramolecular Hbond substituents is 2. The van der Waals surface area contributed by atoms with Crippen LogP contribution in [0.25, 0.3) is 0 Å². The molecule has 4 N–H and O–H groups in total. The lowest BCUT2D eigenvalue weighted by molar-refractivity contribution is -0.123. The van der Waals surface area contributed by atoms with Crippen molar-refractivity contribution in [1.29, 1.82) is 5.26 Å². The van der Waals surface area contributed by atoms with E-state index in [1.165, 1.54) is 26.8 Å². The molecule has 2 aliphatic rings. The summed E-state index contributed by atoms with van der Waals surface area (Å²) >= 11 is 0. The van der Waals surface area contributed by atoms with Gasteiger partial charge in [-0.25, -0.2) is 0 Å². The monoisotopic (exact) mass is 557 g/mol. The van der Waals surface area contributed by atoms with Crippen molar-refractivity contribution in [1.82, 2.24) is 5.32 Å². The number of ether oxygens (including phenoxy) is 1. The average molecular weight is 558 g/mol. The summed E-state index contributed by atoms with van der Waals surface area (Å²) in [6.45, 7) is 6.27. The van der Waals surface area contributed by atoms with Crippen molar-refractivity contribution in [3.05, 3.63) is 69.6 Å². The second kappa shape index (κ2) is 11.3. The van der Waals surface area contributed by atoms with E-state index in [0.717, 1.165) is 6.42 Å². The van der Waals surface area contributed by atoms with Crippen LogP contribution in [0.2, 0.25) is 0 Å². The molecule has 0 fully saturated rings. The van der Waals surface area contributed by atoms with E-state index in [4.69, 9.17) is 10.00 Å². The first-order valence-electron chi connectivity index (χ1n) is 13.3. The third-order valence-electron chi connectivity index (χ3n) is 7.53. The largest absolute Gasteiger partial charge is 0.507 e. The van der Waals surface area contributed by atoms with E-state index in [2.05, 4.69) is 10.6 Å². The Balaban J connectivity index is 1.41. The summed E-state index contributed by atoms with van der Waals surface area (Å²) < 4.78 is 5.77. The summed E-state index contributed by atoms with van der Waals surface area (Å²) in [6, 6.07) is 8.64. The first kappa shape index (κ1) is 29.1. The molecule has 0 aromatic heterocycles. The molecule has 212 valence electrons. The number of Topliss-reactive ketones (excluding diaryl/α,β-unsaturated/α-hetero) is 2. The number of benzene rings is 2. The molecule has 2 aromatic rings. The second-order valence-electron chi connectivity index (χ2n) is 10.4. The molecule has 1 aliphatic heterocycles. The molecular weight excluding hydrogens is 526 g/mol. The van der Waals surface area contributed by atoms with Crippen molar-refractivity contribution in [3.63, 3.8) is 0 Å². The standard InChI is InChI=1S/C31H31N3O7/c1-16-27(38)25(18(3)35)29-26(28(16)39)31(4)22(41-29)14-21(36)24(30(31)40)17(2)33-13-7-5-6-8-23(37)34-20-11-9-19(15-32)10-12-20/h9-12,14,33,38-39H,5-8,13H2,1-4H3,(H,34,37)/b24-17+. The van der Waals surface area contributed by atoms with Crippen molar-refractivity contribution < 1.29 is 34.1 Å². The number of fused-ring (bicyclic) bond motifs is 3. The molecule has 0 saturated heterocycles. The van der Waals surface area contributed by atoms with Crippen molar-refractivity contribution in [2.45, 2.75) is 58.8 Å². The predicted molar refractivity (Wildman–Crippen MR) is 150 cm³/mol. The number of carbonyl (C=O) groups excluding carboxylic acids is 4. The third-order valence-corrected chi connectivity index (χ3v) is 7.53. The lowest BCUT2D eigenvalue weighted by Gasteiger charge is -2.29. The van der Waals surface area contributed by atoms with Crippen LogP contribution < -0.4 is 15.4 Å². The number of amides is 1. The predicted octanol–water partition coefficient (Wildman–Crippen LogP) is 4.23. The van der Waals surface area contributed by atoms with Crippen LogP contribution in [0.4, 0.5) is 5.69 Å². The summed E-state index contributed by atoms with van der Waals surface area (Å²) in [5, 5.41) is 36.1. The van der Waals surface area contributed by atoms with E-state index in [1.807, 2.05) is 6.07 Å². The fourth-order valence-electron chi connectivity index (χ4n) is 5.17. The Kier molecular flexibility index (Phi) is 8.01. The number of rotatable bonds is 9. The molecule has 1 aliphatic carbocycles. The summed E-state index contributed by atoms with van der Waals surface area (Å²) in [6.07, 6.45) is 3.56. The van der Waals surface area contributed by atoms with Crippen LogP contribution in [0, 0.1) is 18.3 Å². The number of carbonyl (C=O) groups is 4. The maximum atomic E-state index is 13.8. The Hall–Kier alpha value is -4.91. The molecule has 0 saturated carbocycles. The van der Waals surface area contributed by atoms with Crippen molar-refractivity contribution in [3.8, 4) is 23.3 Å². The number of unbranched alkanes of at least 4 members (excludes halogenated alkanes) is 2.